The minimum atomic E-state index is -3.94. The lowest BCUT2D eigenvalue weighted by molar-refractivity contribution is 0.414. The Morgan fingerprint density at radius 3 is 2.40 bits per heavy atom. The molecule has 1 aromatic carbocycles. The zero-order valence-corrected chi connectivity index (χ0v) is 12.5. The molecule has 0 aliphatic heterocycles. The number of methoxy groups -OCH3 is 1. The predicted molar refractivity (Wildman–Crippen MR) is 75.9 cm³/mol. The number of nitrogens with one attached hydrogen (secondary N) is 1. The molecule has 0 spiro atoms. The Kier molecular flexibility index (Phi) is 4.32. The van der Waals surface area contributed by atoms with E-state index in [-0.39, 0.29) is 26.6 Å². The molecule has 0 amide bonds. The third-order valence-corrected chi connectivity index (χ3v) is 4.38. The summed E-state index contributed by atoms with van der Waals surface area (Å²) in [5, 5.41) is 0.112. The van der Waals surface area contributed by atoms with Crippen molar-refractivity contribution >= 4 is 39.2 Å². The number of anilines is 1. The van der Waals surface area contributed by atoms with Crippen molar-refractivity contribution in [2.75, 3.05) is 11.8 Å². The fraction of sp³-hybridized carbons (Fsp3) is 0.0909. The van der Waals surface area contributed by atoms with Gasteiger partial charge in [-0.3, -0.25) is 0 Å². The lowest BCUT2D eigenvalue weighted by atomic mass is 10.3. The first-order valence-electron chi connectivity index (χ1n) is 5.27. The molecular formula is C11H9Cl2N3O3S. The molecule has 0 fully saturated rings. The highest BCUT2D eigenvalue weighted by atomic mass is 35.5. The molecule has 0 bridgehead atoms. The molecule has 106 valence electrons. The van der Waals surface area contributed by atoms with Gasteiger partial charge in [0, 0.05) is 18.5 Å². The molecule has 9 heteroatoms. The van der Waals surface area contributed by atoms with Crippen LogP contribution in [0.5, 0.6) is 5.75 Å². The van der Waals surface area contributed by atoms with Crippen LogP contribution < -0.4 is 9.46 Å². The number of nitrogens with zero attached hydrogens (tertiary/aromatic N) is 2. The maximum Gasteiger partial charge on any atom is 0.265 e. The molecule has 20 heavy (non-hydrogen) atoms. The topological polar surface area (TPSA) is 81.2 Å². The van der Waals surface area contributed by atoms with E-state index < -0.39 is 10.0 Å². The zero-order chi connectivity index (χ0) is 14.8. The fourth-order valence-corrected chi connectivity index (χ4v) is 3.21. The number of hydrogen-bond acceptors (Lipinski definition) is 5. The van der Waals surface area contributed by atoms with E-state index in [0.29, 0.717) is 0 Å². The molecular weight excluding hydrogens is 325 g/mol. The number of ether oxygens (including phenoxy) is 1. The standard InChI is InChI=1S/C11H9Cl2N3O3S/c1-19-9-5-8(13)10(6-7(9)12)20(17,18)16-11-14-3-2-4-15-11/h2-6H,1H3,(H,14,15,16). The van der Waals surface area contributed by atoms with Crippen molar-refractivity contribution in [1.82, 2.24) is 9.97 Å². The number of benzene rings is 1. The second-order valence-electron chi connectivity index (χ2n) is 3.60. The largest absolute Gasteiger partial charge is 0.495 e. The molecule has 0 unspecified atom stereocenters. The lowest BCUT2D eigenvalue weighted by Gasteiger charge is -2.10. The van der Waals surface area contributed by atoms with Crippen molar-refractivity contribution in [2.45, 2.75) is 4.90 Å². The number of halogens is 2. The van der Waals surface area contributed by atoms with E-state index in [0.717, 1.165) is 0 Å². The second kappa shape index (κ2) is 5.82. The van der Waals surface area contributed by atoms with Gasteiger partial charge in [-0.2, -0.15) is 0 Å². The van der Waals surface area contributed by atoms with Gasteiger partial charge < -0.3 is 4.74 Å². The number of rotatable bonds is 4. The zero-order valence-electron chi connectivity index (χ0n) is 10.2. The number of hydrogen-bond donors (Lipinski definition) is 1. The van der Waals surface area contributed by atoms with Crippen LogP contribution in [0.3, 0.4) is 0 Å². The van der Waals surface area contributed by atoms with Crippen LogP contribution >= 0.6 is 23.2 Å². The van der Waals surface area contributed by atoms with Gasteiger partial charge in [-0.15, -0.1) is 0 Å². The van der Waals surface area contributed by atoms with Gasteiger partial charge in [0.2, 0.25) is 5.95 Å². The highest BCUT2D eigenvalue weighted by Gasteiger charge is 2.21. The molecule has 0 saturated heterocycles. The van der Waals surface area contributed by atoms with Crippen molar-refractivity contribution < 1.29 is 13.2 Å². The lowest BCUT2D eigenvalue weighted by Crippen LogP contribution is -2.15. The summed E-state index contributed by atoms with van der Waals surface area (Å²) in [4.78, 5) is 7.36. The Balaban J connectivity index is 2.42. The summed E-state index contributed by atoms with van der Waals surface area (Å²) in [7, 11) is -2.53. The Labute approximate surface area is 125 Å². The van der Waals surface area contributed by atoms with E-state index in [9.17, 15) is 8.42 Å². The normalized spacial score (nSPS) is 11.2. The van der Waals surface area contributed by atoms with Crippen molar-refractivity contribution in [1.29, 1.82) is 0 Å². The van der Waals surface area contributed by atoms with Crippen LogP contribution in [0.2, 0.25) is 10.0 Å². The van der Waals surface area contributed by atoms with Crippen LogP contribution in [0, 0.1) is 0 Å². The highest BCUT2D eigenvalue weighted by molar-refractivity contribution is 7.92. The van der Waals surface area contributed by atoms with Gasteiger partial charge in [0.1, 0.15) is 10.6 Å². The number of aromatic nitrogens is 2. The summed E-state index contributed by atoms with van der Waals surface area (Å²) in [6.45, 7) is 0. The monoisotopic (exact) mass is 333 g/mol. The maximum absolute atomic E-state index is 12.2. The van der Waals surface area contributed by atoms with Crippen LogP contribution in [0.1, 0.15) is 0 Å². The van der Waals surface area contributed by atoms with Gasteiger partial charge in [0.05, 0.1) is 17.2 Å². The summed E-state index contributed by atoms with van der Waals surface area (Å²) < 4.78 is 31.6. The first-order chi connectivity index (χ1) is 9.44. The molecule has 1 aromatic heterocycles. The summed E-state index contributed by atoms with van der Waals surface area (Å²) >= 11 is 11.8. The molecule has 0 aliphatic carbocycles. The third-order valence-electron chi connectivity index (χ3n) is 2.29. The Bertz CT molecular complexity index is 723. The van der Waals surface area contributed by atoms with Gasteiger partial charge in [0.25, 0.3) is 10.0 Å². The fourth-order valence-electron chi connectivity index (χ4n) is 1.40. The first-order valence-corrected chi connectivity index (χ1v) is 7.51. The molecule has 0 atom stereocenters. The average molecular weight is 334 g/mol. The summed E-state index contributed by atoms with van der Waals surface area (Å²) in [5.74, 6) is 0.224. The van der Waals surface area contributed by atoms with Gasteiger partial charge in [0.15, 0.2) is 0 Å². The van der Waals surface area contributed by atoms with Crippen molar-refractivity contribution in [3.63, 3.8) is 0 Å². The van der Waals surface area contributed by atoms with Crippen LogP contribution in [0.15, 0.2) is 35.5 Å². The minimum absolute atomic E-state index is 0.0188. The Hall–Kier alpha value is -1.57. The molecule has 2 rings (SSSR count). The van der Waals surface area contributed by atoms with Crippen LogP contribution in [0.25, 0.3) is 0 Å². The van der Waals surface area contributed by atoms with Crippen LogP contribution in [0.4, 0.5) is 5.95 Å². The van der Waals surface area contributed by atoms with E-state index in [4.69, 9.17) is 27.9 Å². The highest BCUT2D eigenvalue weighted by Crippen LogP contribution is 2.33. The third kappa shape index (κ3) is 3.12. The minimum Gasteiger partial charge on any atom is -0.495 e. The quantitative estimate of drug-likeness (QED) is 0.929. The summed E-state index contributed by atoms with van der Waals surface area (Å²) in [6, 6.07) is 4.09. The summed E-state index contributed by atoms with van der Waals surface area (Å²) in [5.41, 5.74) is 0. The average Bonchev–Trinajstić information content (AvgIpc) is 2.41. The van der Waals surface area contributed by atoms with E-state index in [1.54, 1.807) is 6.07 Å². The van der Waals surface area contributed by atoms with Crippen molar-refractivity contribution in [2.24, 2.45) is 0 Å². The van der Waals surface area contributed by atoms with Crippen molar-refractivity contribution in [3.8, 4) is 5.75 Å². The van der Waals surface area contributed by atoms with Crippen LogP contribution in [-0.2, 0) is 10.0 Å². The Morgan fingerprint density at radius 1 is 1.15 bits per heavy atom. The Morgan fingerprint density at radius 2 is 1.80 bits per heavy atom. The SMILES string of the molecule is COc1cc(Cl)c(S(=O)(=O)Nc2ncccn2)cc1Cl. The smallest absolute Gasteiger partial charge is 0.265 e. The van der Waals surface area contributed by atoms with Gasteiger partial charge in [-0.25, -0.2) is 23.1 Å². The van der Waals surface area contributed by atoms with E-state index in [1.807, 2.05) is 0 Å². The maximum atomic E-state index is 12.2. The van der Waals surface area contributed by atoms with Crippen molar-refractivity contribution in [3.05, 3.63) is 40.6 Å². The van der Waals surface area contributed by atoms with Gasteiger partial charge in [-0.05, 0) is 12.1 Å². The molecule has 6 nitrogen and oxygen atoms in total. The number of sulfonamides is 1. The molecule has 2 aromatic rings. The van der Waals surface area contributed by atoms with Crippen LogP contribution in [-0.4, -0.2) is 25.5 Å². The second-order valence-corrected chi connectivity index (χ2v) is 6.06. The molecule has 0 saturated carbocycles. The molecule has 1 heterocycles. The summed E-state index contributed by atoms with van der Waals surface area (Å²) in [6.07, 6.45) is 2.82. The predicted octanol–water partition coefficient (Wildman–Crippen LogP) is 2.59. The molecule has 1 N–H and O–H groups in total. The van der Waals surface area contributed by atoms with Gasteiger partial charge >= 0.3 is 0 Å². The first kappa shape index (κ1) is 14.8. The molecule has 0 radical (unpaired) electrons. The molecule has 0 aliphatic rings. The van der Waals surface area contributed by atoms with E-state index >= 15 is 0 Å². The van der Waals surface area contributed by atoms with E-state index in [2.05, 4.69) is 14.7 Å². The van der Waals surface area contributed by atoms with Gasteiger partial charge in [-0.1, -0.05) is 23.2 Å². The van der Waals surface area contributed by atoms with E-state index in [1.165, 1.54) is 31.6 Å².